The molecule has 0 atom stereocenters. The summed E-state index contributed by atoms with van der Waals surface area (Å²) >= 11 is 0. The maximum absolute atomic E-state index is 6.29. The number of aromatic nitrogens is 1. The summed E-state index contributed by atoms with van der Waals surface area (Å²) in [6.45, 7) is 8.53. The molecule has 2 heterocycles. The van der Waals surface area contributed by atoms with Gasteiger partial charge in [-0.05, 0) is 79.9 Å². The van der Waals surface area contributed by atoms with Gasteiger partial charge < -0.3 is 24.5 Å². The third-order valence-electron chi connectivity index (χ3n) is 7.22. The third-order valence-corrected chi connectivity index (χ3v) is 7.22. The Kier molecular flexibility index (Phi) is 7.28. The highest BCUT2D eigenvalue weighted by molar-refractivity contribution is 6.01. The van der Waals surface area contributed by atoms with Gasteiger partial charge in [-0.1, -0.05) is 26.0 Å². The molecule has 1 aromatic heterocycles. The number of ether oxygens (including phenoxy) is 3. The third kappa shape index (κ3) is 4.98. The topological polar surface area (TPSA) is 61.9 Å². The Labute approximate surface area is 219 Å². The number of anilines is 1. The van der Waals surface area contributed by atoms with Crippen molar-refractivity contribution in [2.45, 2.75) is 32.6 Å². The minimum Gasteiger partial charge on any atom is -0.493 e. The summed E-state index contributed by atoms with van der Waals surface area (Å²) in [5, 5.41) is 1.13. The van der Waals surface area contributed by atoms with Gasteiger partial charge in [-0.2, -0.15) is 0 Å². The van der Waals surface area contributed by atoms with Crippen LogP contribution >= 0.6 is 0 Å². The Balaban J connectivity index is 1.57. The second-order valence-corrected chi connectivity index (χ2v) is 9.99. The first-order chi connectivity index (χ1) is 18.0. The molecule has 0 aliphatic carbocycles. The maximum Gasteiger partial charge on any atom is 0.162 e. The molecule has 3 aromatic carbocycles. The number of hydrogen-bond donors (Lipinski definition) is 1. The van der Waals surface area contributed by atoms with Gasteiger partial charge in [-0.25, -0.2) is 0 Å². The van der Waals surface area contributed by atoms with Crippen molar-refractivity contribution < 1.29 is 14.2 Å². The van der Waals surface area contributed by atoms with Crippen LogP contribution < -0.4 is 19.9 Å². The molecule has 0 amide bonds. The Hall–Kier alpha value is -3.64. The van der Waals surface area contributed by atoms with E-state index < -0.39 is 0 Å². The van der Waals surface area contributed by atoms with E-state index in [0.29, 0.717) is 18.1 Å². The molecule has 0 spiro atoms. The van der Waals surface area contributed by atoms with E-state index in [9.17, 15) is 0 Å². The van der Waals surface area contributed by atoms with E-state index >= 15 is 0 Å². The van der Waals surface area contributed by atoms with Crippen LogP contribution in [0.15, 0.2) is 60.7 Å². The zero-order valence-electron chi connectivity index (χ0n) is 22.3. The van der Waals surface area contributed by atoms with Crippen LogP contribution in [0.4, 0.5) is 5.69 Å². The Morgan fingerprint density at radius 2 is 1.59 bits per heavy atom. The highest BCUT2D eigenvalue weighted by Crippen LogP contribution is 2.42. The number of fused-ring (bicyclic) bond motifs is 1. The van der Waals surface area contributed by atoms with Gasteiger partial charge in [0.2, 0.25) is 0 Å². The molecule has 6 nitrogen and oxygen atoms in total. The first-order valence-electron chi connectivity index (χ1n) is 13.1. The van der Waals surface area contributed by atoms with Crippen molar-refractivity contribution in [1.82, 2.24) is 9.47 Å². The molecule has 0 unspecified atom stereocenters. The summed E-state index contributed by atoms with van der Waals surface area (Å²) in [5.74, 6) is 2.56. The lowest BCUT2D eigenvalue weighted by atomic mass is 9.96. The maximum atomic E-state index is 6.29. The second kappa shape index (κ2) is 10.8. The monoisotopic (exact) mass is 499 g/mol. The van der Waals surface area contributed by atoms with Crippen LogP contribution in [0.1, 0.15) is 38.3 Å². The standard InChI is InChI=1S/C31H37N3O3/c1-21(2)31-30(22-7-11-25(12-8-22)37-18-17-33-15-5-6-16-33)26-19-23(32)9-13-27(26)34(31)24-10-14-28(35-3)29(20-24)36-4/h7-14,19-21H,5-6,15-18,32H2,1-4H3. The Morgan fingerprint density at radius 3 is 2.27 bits per heavy atom. The van der Waals surface area contributed by atoms with Gasteiger partial charge in [0.15, 0.2) is 11.5 Å². The fourth-order valence-corrected chi connectivity index (χ4v) is 5.44. The van der Waals surface area contributed by atoms with Crippen molar-refractivity contribution in [3.8, 4) is 34.1 Å². The van der Waals surface area contributed by atoms with E-state index in [0.717, 1.165) is 40.1 Å². The number of nitrogens with two attached hydrogens (primary N) is 1. The van der Waals surface area contributed by atoms with Gasteiger partial charge in [-0.15, -0.1) is 0 Å². The predicted molar refractivity (Wildman–Crippen MR) is 151 cm³/mol. The molecule has 37 heavy (non-hydrogen) atoms. The molecular weight excluding hydrogens is 462 g/mol. The van der Waals surface area contributed by atoms with Crippen molar-refractivity contribution in [2.24, 2.45) is 0 Å². The molecule has 6 heteroatoms. The molecule has 194 valence electrons. The fraction of sp³-hybridized carbons (Fsp3) is 0.355. The first-order valence-corrected chi connectivity index (χ1v) is 13.1. The molecule has 4 aromatic rings. The number of rotatable bonds is 9. The number of nitrogens with zero attached hydrogens (tertiary/aromatic N) is 2. The summed E-state index contributed by atoms with van der Waals surface area (Å²) in [6, 6.07) is 20.7. The highest BCUT2D eigenvalue weighted by atomic mass is 16.5. The van der Waals surface area contributed by atoms with E-state index in [2.05, 4.69) is 65.8 Å². The summed E-state index contributed by atoms with van der Waals surface area (Å²) in [6.07, 6.45) is 2.60. The molecule has 1 aliphatic heterocycles. The van der Waals surface area contributed by atoms with Gasteiger partial charge in [-0.3, -0.25) is 4.90 Å². The van der Waals surface area contributed by atoms with Gasteiger partial charge in [0.05, 0.1) is 19.7 Å². The van der Waals surface area contributed by atoms with Crippen LogP contribution in [0.5, 0.6) is 17.2 Å². The summed E-state index contributed by atoms with van der Waals surface area (Å²) < 4.78 is 19.5. The predicted octanol–water partition coefficient (Wildman–Crippen LogP) is 6.49. The lowest BCUT2D eigenvalue weighted by Gasteiger charge is -2.18. The van der Waals surface area contributed by atoms with Crippen molar-refractivity contribution in [3.05, 3.63) is 66.4 Å². The molecule has 0 radical (unpaired) electrons. The highest BCUT2D eigenvalue weighted by Gasteiger charge is 2.23. The Morgan fingerprint density at radius 1 is 0.865 bits per heavy atom. The van der Waals surface area contributed by atoms with E-state index in [1.807, 2.05) is 18.2 Å². The molecular formula is C31H37N3O3. The second-order valence-electron chi connectivity index (χ2n) is 9.99. The number of methoxy groups -OCH3 is 2. The van der Waals surface area contributed by atoms with Gasteiger partial charge in [0, 0.05) is 40.6 Å². The normalized spacial score (nSPS) is 14.0. The number of nitrogen functional groups attached to an aromatic ring is 1. The van der Waals surface area contributed by atoms with Crippen LogP contribution in [0.3, 0.4) is 0 Å². The van der Waals surface area contributed by atoms with Crippen molar-refractivity contribution >= 4 is 16.6 Å². The van der Waals surface area contributed by atoms with Gasteiger partial charge >= 0.3 is 0 Å². The van der Waals surface area contributed by atoms with E-state index in [4.69, 9.17) is 19.9 Å². The van der Waals surface area contributed by atoms with Gasteiger partial charge in [0.25, 0.3) is 0 Å². The minimum atomic E-state index is 0.258. The lowest BCUT2D eigenvalue weighted by molar-refractivity contribution is 0.238. The molecule has 5 rings (SSSR count). The van der Waals surface area contributed by atoms with E-state index in [1.54, 1.807) is 14.2 Å². The van der Waals surface area contributed by atoms with E-state index in [1.165, 1.54) is 37.2 Å². The van der Waals surface area contributed by atoms with Crippen LogP contribution in [-0.4, -0.2) is 49.9 Å². The SMILES string of the molecule is COc1ccc(-n2c(C(C)C)c(-c3ccc(OCCN4CCCC4)cc3)c3cc(N)ccc32)cc1OC. The van der Waals surface area contributed by atoms with Crippen LogP contribution in [0.25, 0.3) is 27.7 Å². The number of hydrogen-bond acceptors (Lipinski definition) is 5. The zero-order valence-corrected chi connectivity index (χ0v) is 22.3. The van der Waals surface area contributed by atoms with Crippen LogP contribution in [0, 0.1) is 0 Å². The fourth-order valence-electron chi connectivity index (χ4n) is 5.44. The van der Waals surface area contributed by atoms with Crippen molar-refractivity contribution in [1.29, 1.82) is 0 Å². The van der Waals surface area contributed by atoms with Crippen molar-refractivity contribution in [2.75, 3.05) is 46.2 Å². The first kappa shape index (κ1) is 25.0. The smallest absolute Gasteiger partial charge is 0.162 e. The molecule has 1 aliphatic rings. The number of benzene rings is 3. The molecule has 0 saturated carbocycles. The largest absolute Gasteiger partial charge is 0.493 e. The Bertz CT molecular complexity index is 1370. The minimum absolute atomic E-state index is 0.258. The summed E-state index contributed by atoms with van der Waals surface area (Å²) in [4.78, 5) is 2.47. The molecule has 0 bridgehead atoms. The molecule has 1 fully saturated rings. The quantitative estimate of drug-likeness (QED) is 0.267. The van der Waals surface area contributed by atoms with E-state index in [-0.39, 0.29) is 5.92 Å². The summed E-state index contributed by atoms with van der Waals surface area (Å²) in [7, 11) is 3.32. The lowest BCUT2D eigenvalue weighted by Crippen LogP contribution is -2.25. The van der Waals surface area contributed by atoms with Crippen molar-refractivity contribution in [3.63, 3.8) is 0 Å². The number of likely N-dealkylation sites (tertiary alicyclic amines) is 1. The zero-order chi connectivity index (χ0) is 25.9. The average Bonchev–Trinajstić information content (AvgIpc) is 3.54. The van der Waals surface area contributed by atoms with Crippen LogP contribution in [-0.2, 0) is 0 Å². The van der Waals surface area contributed by atoms with Gasteiger partial charge in [0.1, 0.15) is 12.4 Å². The van der Waals surface area contributed by atoms with Crippen LogP contribution in [0.2, 0.25) is 0 Å². The molecule has 1 saturated heterocycles. The summed E-state index contributed by atoms with van der Waals surface area (Å²) in [5.41, 5.74) is 12.7. The molecule has 2 N–H and O–H groups in total. The average molecular weight is 500 g/mol.